The van der Waals surface area contributed by atoms with Gasteiger partial charge in [0.15, 0.2) is 18.1 Å². The molecule has 1 amide bonds. The minimum atomic E-state index is -4.80. The van der Waals surface area contributed by atoms with Gasteiger partial charge >= 0.3 is 6.18 Å². The first-order valence-electron chi connectivity index (χ1n) is 6.08. The van der Waals surface area contributed by atoms with Crippen LogP contribution in [0.5, 0.6) is 11.5 Å². The van der Waals surface area contributed by atoms with Crippen molar-refractivity contribution in [3.05, 3.63) is 18.2 Å². The smallest absolute Gasteiger partial charge is 0.452 e. The van der Waals surface area contributed by atoms with Crippen molar-refractivity contribution in [2.45, 2.75) is 6.18 Å². The van der Waals surface area contributed by atoms with Crippen LogP contribution in [0.1, 0.15) is 0 Å². The average Bonchev–Trinajstić information content (AvgIpc) is 2.46. The van der Waals surface area contributed by atoms with Gasteiger partial charge in [-0.05, 0) is 12.1 Å². The molecular formula is C12H12F3N3O4. The van der Waals surface area contributed by atoms with E-state index < -0.39 is 24.5 Å². The number of fused-ring (bicyclic) bond motifs is 1. The number of amides is 1. The highest BCUT2D eigenvalue weighted by molar-refractivity contribution is 5.92. The highest BCUT2D eigenvalue weighted by Gasteiger charge is 2.34. The molecule has 1 heterocycles. The topological polar surface area (TPSA) is 95.2 Å². The van der Waals surface area contributed by atoms with Gasteiger partial charge in [-0.15, -0.1) is 0 Å². The number of rotatable bonds is 4. The largest absolute Gasteiger partial charge is 0.486 e. The monoisotopic (exact) mass is 319 g/mol. The van der Waals surface area contributed by atoms with Crippen LogP contribution in [0.2, 0.25) is 0 Å². The van der Waals surface area contributed by atoms with Crippen LogP contribution in [0.25, 0.3) is 0 Å². The Morgan fingerprint density at radius 3 is 2.68 bits per heavy atom. The molecule has 0 radical (unpaired) electrons. The van der Waals surface area contributed by atoms with E-state index in [2.05, 4.69) is 21.0 Å². The number of nitrogens with two attached hydrogens (primary N) is 1. The van der Waals surface area contributed by atoms with Crippen LogP contribution < -0.4 is 20.5 Å². The van der Waals surface area contributed by atoms with Crippen molar-refractivity contribution in [3.8, 4) is 11.5 Å². The van der Waals surface area contributed by atoms with E-state index in [1.165, 1.54) is 6.07 Å². The second-order valence-corrected chi connectivity index (χ2v) is 4.15. The number of oxime groups is 1. The lowest BCUT2D eigenvalue weighted by atomic mass is 10.2. The van der Waals surface area contributed by atoms with Gasteiger partial charge in [-0.25, -0.2) is 0 Å². The molecule has 2 rings (SSSR count). The van der Waals surface area contributed by atoms with Crippen LogP contribution in [0.15, 0.2) is 23.4 Å². The summed E-state index contributed by atoms with van der Waals surface area (Å²) < 4.78 is 46.7. The fourth-order valence-corrected chi connectivity index (χ4v) is 1.53. The Hall–Kier alpha value is -2.65. The van der Waals surface area contributed by atoms with Gasteiger partial charge in [-0.1, -0.05) is 5.16 Å². The molecule has 120 valence electrons. The minimum Gasteiger partial charge on any atom is -0.486 e. The third-order valence-electron chi connectivity index (χ3n) is 2.47. The molecular weight excluding hydrogens is 307 g/mol. The van der Waals surface area contributed by atoms with Crippen molar-refractivity contribution < 1.29 is 32.3 Å². The molecule has 1 aliphatic rings. The molecule has 22 heavy (non-hydrogen) atoms. The minimum absolute atomic E-state index is 0.380. The number of alkyl halides is 3. The molecule has 1 aromatic carbocycles. The number of hydrogen-bond acceptors (Lipinski definition) is 5. The first kappa shape index (κ1) is 15.7. The van der Waals surface area contributed by atoms with E-state index in [4.69, 9.17) is 9.47 Å². The number of hydrogen-bond donors (Lipinski definition) is 2. The van der Waals surface area contributed by atoms with Crippen LogP contribution in [-0.4, -0.2) is 37.7 Å². The zero-order valence-corrected chi connectivity index (χ0v) is 11.1. The third kappa shape index (κ3) is 4.17. The number of anilines is 1. The van der Waals surface area contributed by atoms with Crippen LogP contribution in [0.3, 0.4) is 0 Å². The molecule has 0 fully saturated rings. The molecule has 0 unspecified atom stereocenters. The fraction of sp³-hybridized carbons (Fsp3) is 0.333. The molecule has 0 spiro atoms. The summed E-state index contributed by atoms with van der Waals surface area (Å²) in [5, 5.41) is 5.02. The predicted molar refractivity (Wildman–Crippen MR) is 69.7 cm³/mol. The van der Waals surface area contributed by atoms with Gasteiger partial charge in [0, 0.05) is 11.8 Å². The maximum Gasteiger partial charge on any atom is 0.452 e. The van der Waals surface area contributed by atoms with Crippen molar-refractivity contribution in [1.82, 2.24) is 0 Å². The zero-order valence-electron chi connectivity index (χ0n) is 11.1. The van der Waals surface area contributed by atoms with E-state index in [1.54, 1.807) is 12.1 Å². The molecule has 0 aromatic heterocycles. The summed E-state index contributed by atoms with van der Waals surface area (Å²) in [6.45, 7) is 0.106. The highest BCUT2D eigenvalue weighted by Crippen LogP contribution is 2.32. The van der Waals surface area contributed by atoms with E-state index >= 15 is 0 Å². The van der Waals surface area contributed by atoms with Crippen LogP contribution in [-0.2, 0) is 9.63 Å². The van der Waals surface area contributed by atoms with Crippen LogP contribution in [0, 0.1) is 0 Å². The first-order chi connectivity index (χ1) is 10.4. The average molecular weight is 319 g/mol. The number of carbonyl (C=O) groups excluding carboxylic acids is 1. The predicted octanol–water partition coefficient (Wildman–Crippen LogP) is 1.25. The number of amidine groups is 1. The number of carbonyl (C=O) groups is 1. The van der Waals surface area contributed by atoms with Gasteiger partial charge in [-0.3, -0.25) is 4.79 Å². The Morgan fingerprint density at radius 2 is 2.00 bits per heavy atom. The second-order valence-electron chi connectivity index (χ2n) is 4.15. The highest BCUT2D eigenvalue weighted by atomic mass is 19.4. The number of nitrogens with one attached hydrogen (secondary N) is 1. The molecule has 3 N–H and O–H groups in total. The first-order valence-corrected chi connectivity index (χ1v) is 6.08. The van der Waals surface area contributed by atoms with Gasteiger partial charge in [0.25, 0.3) is 5.91 Å². The van der Waals surface area contributed by atoms with Gasteiger partial charge in [0.1, 0.15) is 13.2 Å². The van der Waals surface area contributed by atoms with Crippen LogP contribution in [0.4, 0.5) is 18.9 Å². The maximum absolute atomic E-state index is 12.0. The molecule has 0 bridgehead atoms. The van der Waals surface area contributed by atoms with E-state index in [9.17, 15) is 18.0 Å². The Kier molecular flexibility index (Phi) is 4.59. The summed E-state index contributed by atoms with van der Waals surface area (Å²) >= 11 is 0. The maximum atomic E-state index is 12.0. The summed E-state index contributed by atoms with van der Waals surface area (Å²) in [5.41, 5.74) is 4.98. The van der Waals surface area contributed by atoms with Gasteiger partial charge < -0.3 is 25.4 Å². The fourth-order valence-electron chi connectivity index (χ4n) is 1.53. The van der Waals surface area contributed by atoms with Crippen molar-refractivity contribution in [1.29, 1.82) is 0 Å². The molecule has 0 saturated heterocycles. The second kappa shape index (κ2) is 6.41. The van der Waals surface area contributed by atoms with E-state index in [0.29, 0.717) is 30.4 Å². The van der Waals surface area contributed by atoms with Gasteiger partial charge in [0.05, 0.1) is 0 Å². The molecule has 7 nitrogen and oxygen atoms in total. The van der Waals surface area contributed by atoms with Crippen molar-refractivity contribution >= 4 is 17.4 Å². The molecule has 0 atom stereocenters. The number of nitrogens with zero attached hydrogens (tertiary/aromatic N) is 1. The lowest BCUT2D eigenvalue weighted by Crippen LogP contribution is -2.31. The molecule has 0 aliphatic carbocycles. The normalized spacial score (nSPS) is 14.4. The van der Waals surface area contributed by atoms with Crippen molar-refractivity contribution in [2.24, 2.45) is 10.9 Å². The van der Waals surface area contributed by atoms with Crippen LogP contribution >= 0.6 is 0 Å². The summed E-state index contributed by atoms with van der Waals surface area (Å²) in [4.78, 5) is 15.8. The Labute approximate surface area is 122 Å². The standard InChI is InChI=1S/C12H12F3N3O4/c13-12(14,15)11(16)18-22-6-10(19)17-7-1-2-8-9(5-7)21-4-3-20-8/h1-2,5H,3-4,6H2,(H2,16,18)(H,17,19). The third-order valence-corrected chi connectivity index (χ3v) is 2.47. The Bertz CT molecular complexity index is 589. The summed E-state index contributed by atoms with van der Waals surface area (Å²) in [6.07, 6.45) is -4.80. The number of benzene rings is 1. The zero-order chi connectivity index (χ0) is 16.2. The summed E-state index contributed by atoms with van der Waals surface area (Å²) in [6, 6.07) is 4.68. The van der Waals surface area contributed by atoms with Gasteiger partial charge in [-0.2, -0.15) is 13.2 Å². The summed E-state index contributed by atoms with van der Waals surface area (Å²) in [7, 11) is 0. The molecule has 1 aromatic rings. The van der Waals surface area contributed by atoms with E-state index in [0.717, 1.165) is 0 Å². The Morgan fingerprint density at radius 1 is 1.32 bits per heavy atom. The van der Waals surface area contributed by atoms with Crippen molar-refractivity contribution in [2.75, 3.05) is 25.1 Å². The molecule has 0 saturated carbocycles. The quantitative estimate of drug-likeness (QED) is 0.495. The lowest BCUT2D eigenvalue weighted by Gasteiger charge is -2.18. The van der Waals surface area contributed by atoms with Gasteiger partial charge in [0.2, 0.25) is 5.84 Å². The summed E-state index contributed by atoms with van der Waals surface area (Å²) in [5.74, 6) is -1.36. The molecule has 1 aliphatic heterocycles. The Balaban J connectivity index is 1.87. The van der Waals surface area contributed by atoms with E-state index in [1.807, 2.05) is 0 Å². The number of halogens is 3. The lowest BCUT2D eigenvalue weighted by molar-refractivity contribution is -0.121. The van der Waals surface area contributed by atoms with Crippen molar-refractivity contribution in [3.63, 3.8) is 0 Å². The molecule has 10 heteroatoms. The van der Waals surface area contributed by atoms with E-state index in [-0.39, 0.29) is 0 Å². The SMILES string of the molecule is N/C(=N\OCC(=O)Nc1ccc2c(c1)OCCO2)C(F)(F)F. The number of ether oxygens (including phenoxy) is 2.